The van der Waals surface area contributed by atoms with Crippen molar-refractivity contribution in [1.29, 1.82) is 0 Å². The van der Waals surface area contributed by atoms with Gasteiger partial charge in [-0.05, 0) is 37.0 Å². The van der Waals surface area contributed by atoms with Gasteiger partial charge in [-0.1, -0.05) is 31.4 Å². The van der Waals surface area contributed by atoms with Crippen molar-refractivity contribution < 1.29 is 9.90 Å². The number of aliphatic hydroxyl groups is 1. The molecule has 4 N–H and O–H groups in total. The number of anilines is 1. The first-order valence-corrected chi connectivity index (χ1v) is 6.94. The number of aliphatic hydroxyl groups excluding tert-OH is 1. The number of rotatable bonds is 4. The maximum atomic E-state index is 12.2. The molecule has 1 saturated carbocycles. The van der Waals surface area contributed by atoms with E-state index in [9.17, 15) is 4.79 Å². The van der Waals surface area contributed by atoms with Crippen molar-refractivity contribution in [2.45, 2.75) is 44.1 Å². The number of carbonyl (C=O) groups is 1. The summed E-state index contributed by atoms with van der Waals surface area (Å²) in [6.45, 7) is 0.137. The SMILES string of the molecule is Cl.NC1(C(=O)Nc2ccc(CCO)cc2)CCCCC1. The highest BCUT2D eigenvalue weighted by Gasteiger charge is 2.35. The van der Waals surface area contributed by atoms with Crippen LogP contribution in [-0.4, -0.2) is 23.2 Å². The van der Waals surface area contributed by atoms with E-state index in [1.807, 2.05) is 24.3 Å². The summed E-state index contributed by atoms with van der Waals surface area (Å²) in [7, 11) is 0. The second-order valence-corrected chi connectivity index (χ2v) is 5.34. The molecule has 0 atom stereocenters. The molecule has 0 saturated heterocycles. The normalized spacial score (nSPS) is 17.1. The topological polar surface area (TPSA) is 75.4 Å². The van der Waals surface area contributed by atoms with Gasteiger partial charge in [0.05, 0.1) is 5.54 Å². The van der Waals surface area contributed by atoms with Crippen molar-refractivity contribution in [2.24, 2.45) is 5.73 Å². The summed E-state index contributed by atoms with van der Waals surface area (Å²) in [5, 5.41) is 11.7. The maximum Gasteiger partial charge on any atom is 0.244 e. The Bertz CT molecular complexity index is 428. The van der Waals surface area contributed by atoms with E-state index in [4.69, 9.17) is 10.8 Å². The molecule has 0 aliphatic heterocycles. The Labute approximate surface area is 126 Å². The van der Waals surface area contributed by atoms with E-state index < -0.39 is 5.54 Å². The third kappa shape index (κ3) is 4.20. The van der Waals surface area contributed by atoms with Crippen LogP contribution in [0.2, 0.25) is 0 Å². The molecule has 0 radical (unpaired) electrons. The molecule has 112 valence electrons. The Morgan fingerprint density at radius 3 is 2.35 bits per heavy atom. The molecule has 1 aliphatic carbocycles. The standard InChI is InChI=1S/C15H22N2O2.ClH/c16-15(9-2-1-3-10-15)14(19)17-13-6-4-12(5-7-13)8-11-18;/h4-7,18H,1-3,8-11,16H2,(H,17,19);1H. The molecule has 0 bridgehead atoms. The first-order valence-electron chi connectivity index (χ1n) is 6.94. The molecule has 5 heteroatoms. The van der Waals surface area contributed by atoms with Gasteiger partial charge in [-0.3, -0.25) is 4.79 Å². The van der Waals surface area contributed by atoms with E-state index in [1.165, 1.54) is 6.42 Å². The number of hydrogen-bond donors (Lipinski definition) is 3. The van der Waals surface area contributed by atoms with Gasteiger partial charge in [0.25, 0.3) is 0 Å². The van der Waals surface area contributed by atoms with Crippen LogP contribution in [0.15, 0.2) is 24.3 Å². The Kier molecular flexibility index (Phi) is 6.46. The lowest BCUT2D eigenvalue weighted by Gasteiger charge is -2.31. The summed E-state index contributed by atoms with van der Waals surface area (Å²) in [6.07, 6.45) is 5.39. The van der Waals surface area contributed by atoms with Crippen molar-refractivity contribution in [3.05, 3.63) is 29.8 Å². The summed E-state index contributed by atoms with van der Waals surface area (Å²) >= 11 is 0. The molecule has 1 aromatic rings. The van der Waals surface area contributed by atoms with Crippen molar-refractivity contribution >= 4 is 24.0 Å². The third-order valence-electron chi connectivity index (χ3n) is 3.81. The summed E-state index contributed by atoms with van der Waals surface area (Å²) in [5.41, 5.74) is 7.30. The van der Waals surface area contributed by atoms with Crippen LogP contribution in [0.5, 0.6) is 0 Å². The number of benzene rings is 1. The molecule has 0 heterocycles. The van der Waals surface area contributed by atoms with Crippen LogP contribution in [0.4, 0.5) is 5.69 Å². The van der Waals surface area contributed by atoms with Gasteiger partial charge in [0.15, 0.2) is 0 Å². The van der Waals surface area contributed by atoms with Gasteiger partial charge < -0.3 is 16.2 Å². The van der Waals surface area contributed by atoms with Crippen LogP contribution >= 0.6 is 12.4 Å². The molecule has 1 aromatic carbocycles. The lowest BCUT2D eigenvalue weighted by Crippen LogP contribution is -2.52. The van der Waals surface area contributed by atoms with Gasteiger partial charge in [0.1, 0.15) is 0 Å². The maximum absolute atomic E-state index is 12.2. The van der Waals surface area contributed by atoms with Gasteiger partial charge in [-0.15, -0.1) is 12.4 Å². The van der Waals surface area contributed by atoms with Crippen molar-refractivity contribution in [1.82, 2.24) is 0 Å². The van der Waals surface area contributed by atoms with Gasteiger partial charge >= 0.3 is 0 Å². The van der Waals surface area contributed by atoms with Gasteiger partial charge in [0, 0.05) is 12.3 Å². The molecule has 1 amide bonds. The number of nitrogens with one attached hydrogen (secondary N) is 1. The molecule has 2 rings (SSSR count). The van der Waals surface area contributed by atoms with Crippen LogP contribution in [0.25, 0.3) is 0 Å². The van der Waals surface area contributed by atoms with E-state index in [0.29, 0.717) is 6.42 Å². The second-order valence-electron chi connectivity index (χ2n) is 5.34. The molecule has 0 spiro atoms. The molecule has 1 aliphatic rings. The quantitative estimate of drug-likeness (QED) is 0.798. The average Bonchev–Trinajstić information content (AvgIpc) is 2.42. The zero-order chi connectivity index (χ0) is 13.7. The number of halogens is 1. The van der Waals surface area contributed by atoms with Gasteiger partial charge in [-0.25, -0.2) is 0 Å². The summed E-state index contributed by atoms with van der Waals surface area (Å²) in [5.74, 6) is -0.0814. The fourth-order valence-corrected chi connectivity index (χ4v) is 2.55. The minimum atomic E-state index is -0.706. The van der Waals surface area contributed by atoms with Crippen LogP contribution in [0.3, 0.4) is 0 Å². The monoisotopic (exact) mass is 298 g/mol. The largest absolute Gasteiger partial charge is 0.396 e. The first kappa shape index (κ1) is 17.0. The Morgan fingerprint density at radius 2 is 1.80 bits per heavy atom. The number of carbonyl (C=O) groups excluding carboxylic acids is 1. The second kappa shape index (κ2) is 7.62. The Balaban J connectivity index is 0.00000200. The predicted octanol–water partition coefficient (Wildman–Crippen LogP) is 2.24. The van der Waals surface area contributed by atoms with E-state index in [0.717, 1.165) is 36.9 Å². The lowest BCUT2D eigenvalue weighted by molar-refractivity contribution is -0.122. The number of amides is 1. The molecular formula is C15H23ClN2O2. The predicted molar refractivity (Wildman–Crippen MR) is 83.1 cm³/mol. The van der Waals surface area contributed by atoms with E-state index in [2.05, 4.69) is 5.32 Å². The lowest BCUT2D eigenvalue weighted by atomic mass is 9.82. The molecule has 0 unspecified atom stereocenters. The Morgan fingerprint density at radius 1 is 1.20 bits per heavy atom. The highest BCUT2D eigenvalue weighted by molar-refractivity contribution is 5.98. The average molecular weight is 299 g/mol. The van der Waals surface area contributed by atoms with Gasteiger partial charge in [0.2, 0.25) is 5.91 Å². The molecule has 20 heavy (non-hydrogen) atoms. The van der Waals surface area contributed by atoms with Crippen LogP contribution < -0.4 is 11.1 Å². The molecule has 4 nitrogen and oxygen atoms in total. The summed E-state index contributed by atoms with van der Waals surface area (Å²) in [4.78, 5) is 12.2. The minimum absolute atomic E-state index is 0. The summed E-state index contributed by atoms with van der Waals surface area (Å²) < 4.78 is 0. The Hall–Kier alpha value is -1.10. The fraction of sp³-hybridized carbons (Fsp3) is 0.533. The fourth-order valence-electron chi connectivity index (χ4n) is 2.55. The first-order chi connectivity index (χ1) is 9.14. The zero-order valence-electron chi connectivity index (χ0n) is 11.6. The third-order valence-corrected chi connectivity index (χ3v) is 3.81. The number of hydrogen-bond acceptors (Lipinski definition) is 3. The highest BCUT2D eigenvalue weighted by atomic mass is 35.5. The smallest absolute Gasteiger partial charge is 0.244 e. The molecule has 1 fully saturated rings. The van der Waals surface area contributed by atoms with E-state index in [-0.39, 0.29) is 24.9 Å². The summed E-state index contributed by atoms with van der Waals surface area (Å²) in [6, 6.07) is 7.54. The molecular weight excluding hydrogens is 276 g/mol. The van der Waals surface area contributed by atoms with Gasteiger partial charge in [-0.2, -0.15) is 0 Å². The van der Waals surface area contributed by atoms with Crippen molar-refractivity contribution in [3.8, 4) is 0 Å². The zero-order valence-corrected chi connectivity index (χ0v) is 12.4. The number of nitrogens with two attached hydrogens (primary N) is 1. The van der Waals surface area contributed by atoms with Crippen LogP contribution in [0.1, 0.15) is 37.7 Å². The van der Waals surface area contributed by atoms with E-state index in [1.54, 1.807) is 0 Å². The van der Waals surface area contributed by atoms with Crippen molar-refractivity contribution in [3.63, 3.8) is 0 Å². The van der Waals surface area contributed by atoms with Crippen LogP contribution in [0, 0.1) is 0 Å². The minimum Gasteiger partial charge on any atom is -0.396 e. The highest BCUT2D eigenvalue weighted by Crippen LogP contribution is 2.27. The molecule has 0 aromatic heterocycles. The van der Waals surface area contributed by atoms with Crippen molar-refractivity contribution in [2.75, 3.05) is 11.9 Å². The van der Waals surface area contributed by atoms with E-state index >= 15 is 0 Å². The van der Waals surface area contributed by atoms with Crippen LogP contribution in [-0.2, 0) is 11.2 Å².